The van der Waals surface area contributed by atoms with Crippen molar-refractivity contribution in [2.45, 2.75) is 19.5 Å². The molecule has 0 radical (unpaired) electrons. The van der Waals surface area contributed by atoms with Gasteiger partial charge in [-0.2, -0.15) is 0 Å². The number of nitrogens with two attached hydrogens (primary N) is 1. The number of nitrogens with one attached hydrogen (secondary N) is 2. The highest BCUT2D eigenvalue weighted by molar-refractivity contribution is 9.10. The van der Waals surface area contributed by atoms with Crippen LogP contribution in [-0.4, -0.2) is 22.6 Å². The molecule has 6 heteroatoms. The first-order valence-corrected chi connectivity index (χ1v) is 7.22. The molecule has 0 aliphatic heterocycles. The van der Waals surface area contributed by atoms with Crippen molar-refractivity contribution >= 4 is 27.6 Å². The molecule has 106 valence electrons. The zero-order chi connectivity index (χ0) is 14.4. The highest BCUT2D eigenvalue weighted by atomic mass is 79.9. The van der Waals surface area contributed by atoms with E-state index in [4.69, 9.17) is 5.73 Å². The highest BCUT2D eigenvalue weighted by Gasteiger charge is 2.00. The summed E-state index contributed by atoms with van der Waals surface area (Å²) in [7, 11) is 0. The lowest BCUT2D eigenvalue weighted by atomic mass is 10.2. The van der Waals surface area contributed by atoms with Crippen LogP contribution >= 0.6 is 15.9 Å². The van der Waals surface area contributed by atoms with Gasteiger partial charge in [0.15, 0.2) is 0 Å². The molecular formula is C14H18BrN5. The number of benzene rings is 1. The predicted octanol–water partition coefficient (Wildman–Crippen LogP) is 2.61. The Labute approximate surface area is 127 Å². The average Bonchev–Trinajstić information content (AvgIpc) is 2.43. The number of halogens is 1. The van der Waals surface area contributed by atoms with E-state index in [-0.39, 0.29) is 6.04 Å². The maximum atomic E-state index is 5.70. The zero-order valence-corrected chi connectivity index (χ0v) is 12.9. The first-order valence-electron chi connectivity index (χ1n) is 6.43. The van der Waals surface area contributed by atoms with Gasteiger partial charge in [-0.1, -0.05) is 28.1 Å². The Kier molecular flexibility index (Phi) is 5.31. The third kappa shape index (κ3) is 4.79. The largest absolute Gasteiger partial charge is 0.368 e. The van der Waals surface area contributed by atoms with Crippen LogP contribution in [0.5, 0.6) is 0 Å². The van der Waals surface area contributed by atoms with Crippen LogP contribution in [0, 0.1) is 0 Å². The average molecular weight is 336 g/mol. The Morgan fingerprint density at radius 2 is 1.95 bits per heavy atom. The van der Waals surface area contributed by atoms with Crippen molar-refractivity contribution in [2.75, 3.05) is 17.2 Å². The van der Waals surface area contributed by atoms with Crippen LogP contribution in [0.15, 0.2) is 41.1 Å². The number of hydrogen-bond donors (Lipinski definition) is 3. The Balaban J connectivity index is 1.94. The summed E-state index contributed by atoms with van der Waals surface area (Å²) < 4.78 is 1.07. The fraction of sp³-hybridized carbons (Fsp3) is 0.286. The fourth-order valence-corrected chi connectivity index (χ4v) is 2.10. The number of rotatable bonds is 6. The minimum atomic E-state index is 0.0862. The lowest BCUT2D eigenvalue weighted by Gasteiger charge is -2.10. The second-order valence-corrected chi connectivity index (χ2v) is 5.55. The van der Waals surface area contributed by atoms with Crippen molar-refractivity contribution in [3.63, 3.8) is 0 Å². The van der Waals surface area contributed by atoms with Crippen LogP contribution in [-0.2, 0) is 6.54 Å². The van der Waals surface area contributed by atoms with Gasteiger partial charge in [0.25, 0.3) is 0 Å². The maximum Gasteiger partial charge on any atom is 0.131 e. The van der Waals surface area contributed by atoms with Crippen molar-refractivity contribution in [3.05, 3.63) is 46.7 Å². The van der Waals surface area contributed by atoms with Crippen LogP contribution in [0.3, 0.4) is 0 Å². The molecule has 0 amide bonds. The van der Waals surface area contributed by atoms with E-state index in [0.29, 0.717) is 13.1 Å². The quantitative estimate of drug-likeness (QED) is 0.756. The molecule has 20 heavy (non-hydrogen) atoms. The SMILES string of the molecule is CC(N)CNc1cc(NCc2cccc(Br)c2)ncn1. The van der Waals surface area contributed by atoms with Gasteiger partial charge < -0.3 is 16.4 Å². The van der Waals surface area contributed by atoms with Crippen molar-refractivity contribution in [1.82, 2.24) is 9.97 Å². The Morgan fingerprint density at radius 3 is 2.65 bits per heavy atom. The van der Waals surface area contributed by atoms with Gasteiger partial charge in [0.1, 0.15) is 18.0 Å². The molecule has 0 aliphatic rings. The summed E-state index contributed by atoms with van der Waals surface area (Å²) in [5.41, 5.74) is 6.88. The van der Waals surface area contributed by atoms with Gasteiger partial charge in [0, 0.05) is 29.7 Å². The molecule has 0 spiro atoms. The molecule has 0 fully saturated rings. The summed E-state index contributed by atoms with van der Waals surface area (Å²) in [4.78, 5) is 8.35. The molecule has 1 unspecified atom stereocenters. The van der Waals surface area contributed by atoms with Crippen LogP contribution in [0.4, 0.5) is 11.6 Å². The number of nitrogens with zero attached hydrogens (tertiary/aromatic N) is 2. The number of hydrogen-bond acceptors (Lipinski definition) is 5. The molecule has 1 aromatic carbocycles. The van der Waals surface area contributed by atoms with E-state index in [2.05, 4.69) is 48.7 Å². The maximum absolute atomic E-state index is 5.70. The molecular weight excluding hydrogens is 318 g/mol. The molecule has 0 bridgehead atoms. The molecule has 4 N–H and O–H groups in total. The van der Waals surface area contributed by atoms with Gasteiger partial charge in [-0.15, -0.1) is 0 Å². The normalized spacial score (nSPS) is 11.9. The van der Waals surface area contributed by atoms with Crippen molar-refractivity contribution < 1.29 is 0 Å². The Bertz CT molecular complexity index is 559. The molecule has 5 nitrogen and oxygen atoms in total. The lowest BCUT2D eigenvalue weighted by molar-refractivity contribution is 0.777. The highest BCUT2D eigenvalue weighted by Crippen LogP contribution is 2.14. The minimum absolute atomic E-state index is 0.0862. The van der Waals surface area contributed by atoms with E-state index >= 15 is 0 Å². The van der Waals surface area contributed by atoms with Gasteiger partial charge in [-0.25, -0.2) is 9.97 Å². The standard InChI is InChI=1S/C14H18BrN5/c1-10(16)7-17-13-6-14(20-9-19-13)18-8-11-3-2-4-12(15)5-11/h2-6,9-10H,7-8,16H2,1H3,(H2,17,18,19,20). The third-order valence-electron chi connectivity index (χ3n) is 2.63. The second-order valence-electron chi connectivity index (χ2n) is 4.63. The molecule has 0 saturated carbocycles. The topological polar surface area (TPSA) is 75.9 Å². The van der Waals surface area contributed by atoms with Crippen LogP contribution in [0.25, 0.3) is 0 Å². The summed E-state index contributed by atoms with van der Waals surface area (Å²) in [5, 5.41) is 6.44. The monoisotopic (exact) mass is 335 g/mol. The van der Waals surface area contributed by atoms with Gasteiger partial charge >= 0.3 is 0 Å². The lowest BCUT2D eigenvalue weighted by Crippen LogP contribution is -2.25. The van der Waals surface area contributed by atoms with E-state index in [1.165, 1.54) is 11.9 Å². The Hall–Kier alpha value is -1.66. The summed E-state index contributed by atoms with van der Waals surface area (Å²) in [6.45, 7) is 3.34. The molecule has 2 aromatic rings. The van der Waals surface area contributed by atoms with Gasteiger partial charge in [-0.05, 0) is 24.6 Å². The fourth-order valence-electron chi connectivity index (χ4n) is 1.66. The van der Waals surface area contributed by atoms with Crippen molar-refractivity contribution in [3.8, 4) is 0 Å². The number of anilines is 2. The number of aromatic nitrogens is 2. The smallest absolute Gasteiger partial charge is 0.131 e. The summed E-state index contributed by atoms with van der Waals surface area (Å²) in [6.07, 6.45) is 1.53. The molecule has 1 aromatic heterocycles. The van der Waals surface area contributed by atoms with Crippen LogP contribution in [0.1, 0.15) is 12.5 Å². The molecule has 1 heterocycles. The minimum Gasteiger partial charge on any atom is -0.368 e. The molecule has 0 saturated heterocycles. The third-order valence-corrected chi connectivity index (χ3v) is 3.13. The molecule has 1 atom stereocenters. The van der Waals surface area contributed by atoms with Crippen LogP contribution < -0.4 is 16.4 Å². The van der Waals surface area contributed by atoms with E-state index in [1.54, 1.807) is 0 Å². The first-order chi connectivity index (χ1) is 9.63. The predicted molar refractivity (Wildman–Crippen MR) is 85.6 cm³/mol. The summed E-state index contributed by atoms with van der Waals surface area (Å²) in [5.74, 6) is 1.56. The first kappa shape index (κ1) is 14.7. The Morgan fingerprint density at radius 1 is 1.20 bits per heavy atom. The van der Waals surface area contributed by atoms with Crippen LogP contribution in [0.2, 0.25) is 0 Å². The van der Waals surface area contributed by atoms with Gasteiger partial charge in [0.2, 0.25) is 0 Å². The zero-order valence-electron chi connectivity index (χ0n) is 11.3. The van der Waals surface area contributed by atoms with E-state index < -0.39 is 0 Å². The van der Waals surface area contributed by atoms with Gasteiger partial charge in [-0.3, -0.25) is 0 Å². The van der Waals surface area contributed by atoms with Crippen molar-refractivity contribution in [1.29, 1.82) is 0 Å². The van der Waals surface area contributed by atoms with Gasteiger partial charge in [0.05, 0.1) is 0 Å². The van der Waals surface area contributed by atoms with E-state index in [0.717, 1.165) is 16.1 Å². The molecule has 2 rings (SSSR count). The van der Waals surface area contributed by atoms with E-state index in [1.807, 2.05) is 25.1 Å². The van der Waals surface area contributed by atoms with E-state index in [9.17, 15) is 0 Å². The molecule has 0 aliphatic carbocycles. The summed E-state index contributed by atoms with van der Waals surface area (Å²) in [6, 6.07) is 10.1. The summed E-state index contributed by atoms with van der Waals surface area (Å²) >= 11 is 3.46. The second kappa shape index (κ2) is 7.21. The van der Waals surface area contributed by atoms with Crippen molar-refractivity contribution in [2.24, 2.45) is 5.73 Å².